The molecule has 0 aromatic heterocycles. The molecule has 6 nitrogen and oxygen atoms in total. The first kappa shape index (κ1) is 19.1. The van der Waals surface area contributed by atoms with Gasteiger partial charge in [0.15, 0.2) is 0 Å². The first-order valence-corrected chi connectivity index (χ1v) is 9.04. The smallest absolute Gasteiger partial charge is 0.322 e. The fraction of sp³-hybridized carbons (Fsp3) is 0.579. The van der Waals surface area contributed by atoms with E-state index in [0.717, 1.165) is 31.4 Å². The van der Waals surface area contributed by atoms with Crippen LogP contribution in [0, 0.1) is 5.92 Å². The summed E-state index contributed by atoms with van der Waals surface area (Å²) in [6, 6.07) is 7.18. The van der Waals surface area contributed by atoms with Crippen LogP contribution in [-0.4, -0.2) is 43.1 Å². The van der Waals surface area contributed by atoms with E-state index in [2.05, 4.69) is 17.6 Å². The maximum absolute atomic E-state index is 12.6. The molecule has 2 atom stereocenters. The summed E-state index contributed by atoms with van der Waals surface area (Å²) >= 11 is 0. The third-order valence-electron chi connectivity index (χ3n) is 4.68. The molecule has 1 fully saturated rings. The molecule has 6 heteroatoms. The number of nitrogens with zero attached hydrogens (tertiary/aromatic N) is 1. The van der Waals surface area contributed by atoms with Crippen molar-refractivity contribution in [3.8, 4) is 5.75 Å². The number of methoxy groups -OCH3 is 1. The van der Waals surface area contributed by atoms with E-state index >= 15 is 0 Å². The Kier molecular flexibility index (Phi) is 7.10. The normalized spacial score (nSPS) is 20.0. The van der Waals surface area contributed by atoms with Gasteiger partial charge in [-0.2, -0.15) is 0 Å². The largest absolute Gasteiger partial charge is 0.497 e. The van der Waals surface area contributed by atoms with Gasteiger partial charge in [-0.25, -0.2) is 4.79 Å². The molecular weight excluding hydrogens is 318 g/mol. The van der Waals surface area contributed by atoms with Gasteiger partial charge < -0.3 is 20.3 Å². The van der Waals surface area contributed by atoms with Crippen LogP contribution in [0.5, 0.6) is 5.75 Å². The minimum Gasteiger partial charge on any atom is -0.497 e. The fourth-order valence-electron chi connectivity index (χ4n) is 3.01. The molecule has 0 spiro atoms. The number of anilines is 1. The highest BCUT2D eigenvalue weighted by Gasteiger charge is 2.32. The Balaban J connectivity index is 1.93. The Labute approximate surface area is 149 Å². The number of likely N-dealkylation sites (tertiary alicyclic amines) is 1. The molecule has 0 bridgehead atoms. The number of amides is 3. The predicted octanol–water partition coefficient (Wildman–Crippen LogP) is 3.24. The molecule has 0 aliphatic carbocycles. The van der Waals surface area contributed by atoms with E-state index < -0.39 is 0 Å². The standard InChI is InChI=1S/C19H29N3O3/c1-4-5-12-20-18(23)15-7-6-14(2)22(13-15)19(24)21-16-8-10-17(25-3)11-9-16/h8-11,14-15H,4-7,12-13H2,1-3H3,(H,20,23)(H,21,24)/t14-,15-/m1/s1. The minimum absolute atomic E-state index is 0.0580. The lowest BCUT2D eigenvalue weighted by atomic mass is 9.93. The Morgan fingerprint density at radius 3 is 2.60 bits per heavy atom. The summed E-state index contributed by atoms with van der Waals surface area (Å²) in [7, 11) is 1.61. The molecule has 0 saturated carbocycles. The molecule has 3 amide bonds. The van der Waals surface area contributed by atoms with Crippen LogP contribution in [-0.2, 0) is 4.79 Å². The van der Waals surface area contributed by atoms with Crippen LogP contribution in [0.25, 0.3) is 0 Å². The lowest BCUT2D eigenvalue weighted by Gasteiger charge is -2.37. The predicted molar refractivity (Wildman–Crippen MR) is 98.8 cm³/mol. The van der Waals surface area contributed by atoms with E-state index in [-0.39, 0.29) is 23.9 Å². The number of rotatable bonds is 6. The van der Waals surface area contributed by atoms with Crippen molar-refractivity contribution in [2.45, 2.75) is 45.6 Å². The number of ether oxygens (including phenoxy) is 1. The first-order chi connectivity index (χ1) is 12.0. The monoisotopic (exact) mass is 347 g/mol. The first-order valence-electron chi connectivity index (χ1n) is 9.04. The summed E-state index contributed by atoms with van der Waals surface area (Å²) in [6.07, 6.45) is 3.70. The highest BCUT2D eigenvalue weighted by atomic mass is 16.5. The van der Waals surface area contributed by atoms with Crippen LogP contribution < -0.4 is 15.4 Å². The second kappa shape index (κ2) is 9.30. The quantitative estimate of drug-likeness (QED) is 0.776. The molecule has 1 aliphatic heterocycles. The van der Waals surface area contributed by atoms with Crippen LogP contribution in [0.3, 0.4) is 0 Å². The molecular formula is C19H29N3O3. The van der Waals surface area contributed by atoms with E-state index in [1.165, 1.54) is 0 Å². The zero-order valence-corrected chi connectivity index (χ0v) is 15.4. The van der Waals surface area contributed by atoms with Crippen molar-refractivity contribution in [2.75, 3.05) is 25.5 Å². The Morgan fingerprint density at radius 1 is 1.24 bits per heavy atom. The van der Waals surface area contributed by atoms with Gasteiger partial charge in [0.25, 0.3) is 0 Å². The van der Waals surface area contributed by atoms with Crippen LogP contribution in [0.15, 0.2) is 24.3 Å². The van der Waals surface area contributed by atoms with Crippen molar-refractivity contribution >= 4 is 17.6 Å². The van der Waals surface area contributed by atoms with E-state index in [0.29, 0.717) is 18.8 Å². The molecule has 1 aromatic rings. The van der Waals surface area contributed by atoms with Crippen molar-refractivity contribution in [1.29, 1.82) is 0 Å². The summed E-state index contributed by atoms with van der Waals surface area (Å²) in [6.45, 7) is 5.29. The number of piperidine rings is 1. The van der Waals surface area contributed by atoms with E-state index in [1.54, 1.807) is 36.3 Å². The zero-order chi connectivity index (χ0) is 18.2. The number of unbranched alkanes of at least 4 members (excludes halogenated alkanes) is 1. The maximum Gasteiger partial charge on any atom is 0.322 e. The maximum atomic E-state index is 12.6. The Hall–Kier alpha value is -2.24. The highest BCUT2D eigenvalue weighted by molar-refractivity contribution is 5.90. The molecule has 1 aliphatic rings. The van der Waals surface area contributed by atoms with E-state index in [4.69, 9.17) is 4.74 Å². The molecule has 2 rings (SSSR count). The SMILES string of the molecule is CCCCNC(=O)[C@@H]1CC[C@@H](C)N(C(=O)Nc2ccc(OC)cc2)C1. The van der Waals surface area contributed by atoms with Gasteiger partial charge in [0.2, 0.25) is 5.91 Å². The van der Waals surface area contributed by atoms with Crippen molar-refractivity contribution in [1.82, 2.24) is 10.2 Å². The number of carbonyl (C=O) groups is 2. The van der Waals surface area contributed by atoms with Gasteiger partial charge in [-0.3, -0.25) is 4.79 Å². The molecule has 1 saturated heterocycles. The summed E-state index contributed by atoms with van der Waals surface area (Å²) in [5.74, 6) is 0.672. The van der Waals surface area contributed by atoms with Gasteiger partial charge in [-0.05, 0) is 50.5 Å². The van der Waals surface area contributed by atoms with Gasteiger partial charge in [-0.15, -0.1) is 0 Å². The van der Waals surface area contributed by atoms with Crippen LogP contribution in [0.2, 0.25) is 0 Å². The second-order valence-corrected chi connectivity index (χ2v) is 6.58. The fourth-order valence-corrected chi connectivity index (χ4v) is 3.01. The summed E-state index contributed by atoms with van der Waals surface area (Å²) in [4.78, 5) is 26.7. The third kappa shape index (κ3) is 5.37. The van der Waals surface area contributed by atoms with Gasteiger partial charge in [0.1, 0.15) is 5.75 Å². The third-order valence-corrected chi connectivity index (χ3v) is 4.68. The number of hydrogen-bond donors (Lipinski definition) is 2. The highest BCUT2D eigenvalue weighted by Crippen LogP contribution is 2.23. The lowest BCUT2D eigenvalue weighted by molar-refractivity contribution is -0.126. The molecule has 25 heavy (non-hydrogen) atoms. The number of hydrogen-bond acceptors (Lipinski definition) is 3. The summed E-state index contributed by atoms with van der Waals surface area (Å²) in [5.41, 5.74) is 0.715. The number of carbonyl (C=O) groups excluding carboxylic acids is 2. The molecule has 138 valence electrons. The van der Waals surface area contributed by atoms with E-state index in [9.17, 15) is 9.59 Å². The van der Waals surface area contributed by atoms with E-state index in [1.807, 2.05) is 6.92 Å². The lowest BCUT2D eigenvalue weighted by Crippen LogP contribution is -2.50. The van der Waals surface area contributed by atoms with Crippen LogP contribution in [0.4, 0.5) is 10.5 Å². The molecule has 0 unspecified atom stereocenters. The summed E-state index contributed by atoms with van der Waals surface area (Å²) in [5, 5.41) is 5.88. The Bertz CT molecular complexity index is 574. The number of nitrogens with one attached hydrogen (secondary N) is 2. The average Bonchev–Trinajstić information content (AvgIpc) is 2.62. The van der Waals surface area contributed by atoms with Crippen molar-refractivity contribution in [2.24, 2.45) is 5.92 Å². The second-order valence-electron chi connectivity index (χ2n) is 6.58. The average molecular weight is 347 g/mol. The van der Waals surface area contributed by atoms with Crippen molar-refractivity contribution in [3.05, 3.63) is 24.3 Å². The van der Waals surface area contributed by atoms with Crippen LogP contribution >= 0.6 is 0 Å². The number of urea groups is 1. The zero-order valence-electron chi connectivity index (χ0n) is 15.4. The topological polar surface area (TPSA) is 70.7 Å². The molecule has 2 N–H and O–H groups in total. The molecule has 1 heterocycles. The molecule has 0 radical (unpaired) electrons. The van der Waals surface area contributed by atoms with Gasteiger partial charge in [0, 0.05) is 24.8 Å². The van der Waals surface area contributed by atoms with Gasteiger partial charge >= 0.3 is 6.03 Å². The van der Waals surface area contributed by atoms with Gasteiger partial charge in [0.05, 0.1) is 13.0 Å². The Morgan fingerprint density at radius 2 is 1.96 bits per heavy atom. The minimum atomic E-state index is -0.163. The number of benzene rings is 1. The molecule has 1 aromatic carbocycles. The summed E-state index contributed by atoms with van der Waals surface area (Å²) < 4.78 is 5.12. The van der Waals surface area contributed by atoms with Crippen molar-refractivity contribution in [3.63, 3.8) is 0 Å². The van der Waals surface area contributed by atoms with Gasteiger partial charge in [-0.1, -0.05) is 13.3 Å². The van der Waals surface area contributed by atoms with Crippen LogP contribution in [0.1, 0.15) is 39.5 Å². The van der Waals surface area contributed by atoms with Crippen molar-refractivity contribution < 1.29 is 14.3 Å².